The number of rotatable bonds is 7. The fraction of sp³-hybridized carbons (Fsp3) is 0.500. The highest BCUT2D eigenvalue weighted by Gasteiger charge is 2.47. The van der Waals surface area contributed by atoms with Crippen LogP contribution >= 0.6 is 0 Å². The summed E-state index contributed by atoms with van der Waals surface area (Å²) in [6.07, 6.45) is 2.86. The summed E-state index contributed by atoms with van der Waals surface area (Å²) in [5.41, 5.74) is -1.34. The van der Waals surface area contributed by atoms with Crippen LogP contribution in [-0.2, 0) is 20.7 Å². The maximum absolute atomic E-state index is 13.2. The van der Waals surface area contributed by atoms with E-state index in [0.717, 1.165) is 6.20 Å². The fourth-order valence-corrected chi connectivity index (χ4v) is 2.13. The van der Waals surface area contributed by atoms with E-state index in [-0.39, 0.29) is 19.4 Å². The largest absolute Gasteiger partial charge is 0.480 e. The Morgan fingerprint density at radius 3 is 2.60 bits per heavy atom. The Hall–Kier alpha value is -1.98. The van der Waals surface area contributed by atoms with Crippen molar-refractivity contribution in [2.45, 2.75) is 33.1 Å². The van der Waals surface area contributed by atoms with Gasteiger partial charge in [-0.3, -0.25) is 14.6 Å². The zero-order chi connectivity index (χ0) is 15.2. The van der Waals surface area contributed by atoms with E-state index in [0.29, 0.717) is 12.0 Å². The first kappa shape index (κ1) is 16.1. The van der Waals surface area contributed by atoms with Crippen molar-refractivity contribution in [3.63, 3.8) is 0 Å². The number of hydrogen-bond donors (Lipinski definition) is 1. The minimum Gasteiger partial charge on any atom is -0.480 e. The van der Waals surface area contributed by atoms with Gasteiger partial charge in [0.2, 0.25) is 0 Å². The molecule has 0 saturated heterocycles. The Morgan fingerprint density at radius 1 is 1.40 bits per heavy atom. The van der Waals surface area contributed by atoms with E-state index in [1.54, 1.807) is 13.8 Å². The van der Waals surface area contributed by atoms with E-state index in [4.69, 9.17) is 4.74 Å². The summed E-state index contributed by atoms with van der Waals surface area (Å²) in [4.78, 5) is 27.3. The van der Waals surface area contributed by atoms with Gasteiger partial charge in [-0.05, 0) is 25.0 Å². The zero-order valence-electron chi connectivity index (χ0n) is 11.6. The third-order valence-electron chi connectivity index (χ3n) is 3.02. The van der Waals surface area contributed by atoms with E-state index in [1.807, 2.05) is 0 Å². The van der Waals surface area contributed by atoms with Crippen molar-refractivity contribution in [2.75, 3.05) is 6.61 Å². The van der Waals surface area contributed by atoms with Crippen molar-refractivity contribution >= 4 is 11.9 Å². The summed E-state index contributed by atoms with van der Waals surface area (Å²) < 4.78 is 18.0. The molecule has 0 bridgehead atoms. The van der Waals surface area contributed by atoms with Crippen LogP contribution in [0.25, 0.3) is 0 Å². The van der Waals surface area contributed by atoms with Crippen molar-refractivity contribution < 1.29 is 23.8 Å². The van der Waals surface area contributed by atoms with Crippen molar-refractivity contribution in [1.82, 2.24) is 4.98 Å². The highest BCUT2D eigenvalue weighted by Crippen LogP contribution is 2.31. The van der Waals surface area contributed by atoms with Gasteiger partial charge in [-0.2, -0.15) is 0 Å². The van der Waals surface area contributed by atoms with E-state index < -0.39 is 23.2 Å². The molecule has 1 aromatic heterocycles. The van der Waals surface area contributed by atoms with Crippen LogP contribution in [0.3, 0.4) is 0 Å². The molecule has 0 aliphatic carbocycles. The van der Waals surface area contributed by atoms with Crippen molar-refractivity contribution in [3.8, 4) is 0 Å². The maximum atomic E-state index is 13.2. The van der Waals surface area contributed by atoms with Gasteiger partial charge in [0.25, 0.3) is 0 Å². The third-order valence-corrected chi connectivity index (χ3v) is 3.02. The summed E-state index contributed by atoms with van der Waals surface area (Å²) in [5.74, 6) is -2.62. The van der Waals surface area contributed by atoms with Gasteiger partial charge in [-0.25, -0.2) is 4.39 Å². The minimum absolute atomic E-state index is 0.0962. The molecule has 0 fully saturated rings. The lowest BCUT2D eigenvalue weighted by Crippen LogP contribution is -2.42. The minimum atomic E-state index is -1.69. The van der Waals surface area contributed by atoms with E-state index in [2.05, 4.69) is 4.98 Å². The summed E-state index contributed by atoms with van der Waals surface area (Å²) >= 11 is 0. The number of ether oxygens (including phenoxy) is 1. The molecular weight excluding hydrogens is 265 g/mol. The molecule has 6 heteroatoms. The number of carboxylic acid groups (broad SMARTS) is 1. The first-order valence-corrected chi connectivity index (χ1v) is 6.46. The predicted molar refractivity (Wildman–Crippen MR) is 69.5 cm³/mol. The van der Waals surface area contributed by atoms with Gasteiger partial charge in [0.05, 0.1) is 12.8 Å². The maximum Gasteiger partial charge on any atom is 0.323 e. The topological polar surface area (TPSA) is 76.5 Å². The molecule has 1 unspecified atom stereocenters. The molecule has 110 valence electrons. The molecule has 20 heavy (non-hydrogen) atoms. The monoisotopic (exact) mass is 283 g/mol. The lowest BCUT2D eigenvalue weighted by Gasteiger charge is -2.26. The molecule has 0 saturated carbocycles. The predicted octanol–water partition coefficient (Wildman–Crippen LogP) is 2.20. The molecule has 1 heterocycles. The van der Waals surface area contributed by atoms with Gasteiger partial charge in [-0.1, -0.05) is 13.3 Å². The second-order valence-electron chi connectivity index (χ2n) is 4.55. The number of aromatic nitrogens is 1. The second-order valence-corrected chi connectivity index (χ2v) is 4.55. The number of aliphatic carboxylic acids is 1. The normalized spacial score (nSPS) is 13.6. The Labute approximate surface area is 116 Å². The van der Waals surface area contributed by atoms with Gasteiger partial charge in [0, 0.05) is 12.6 Å². The summed E-state index contributed by atoms with van der Waals surface area (Å²) in [5, 5.41) is 9.47. The van der Waals surface area contributed by atoms with Crippen LogP contribution in [0.2, 0.25) is 0 Å². The summed E-state index contributed by atoms with van der Waals surface area (Å²) in [7, 11) is 0. The lowest BCUT2D eigenvalue weighted by atomic mass is 9.78. The SMILES string of the molecule is CCCC(Cc1cncc(F)c1)(C(=O)O)C(=O)OCC. The fourth-order valence-electron chi connectivity index (χ4n) is 2.13. The van der Waals surface area contributed by atoms with Crippen LogP contribution in [0.5, 0.6) is 0 Å². The second kappa shape index (κ2) is 6.98. The van der Waals surface area contributed by atoms with Crippen LogP contribution in [0.1, 0.15) is 32.3 Å². The van der Waals surface area contributed by atoms with Crippen molar-refractivity contribution in [3.05, 3.63) is 29.8 Å². The summed E-state index contributed by atoms with van der Waals surface area (Å²) in [6, 6.07) is 1.18. The quantitative estimate of drug-likeness (QED) is 0.613. The molecule has 0 amide bonds. The Bertz CT molecular complexity index is 492. The van der Waals surface area contributed by atoms with Gasteiger partial charge < -0.3 is 9.84 Å². The Kier molecular flexibility index (Phi) is 5.61. The Balaban J connectivity index is 3.15. The number of carboxylic acids is 1. The van der Waals surface area contributed by atoms with Gasteiger partial charge in [0.15, 0.2) is 5.41 Å². The van der Waals surface area contributed by atoms with E-state index in [1.165, 1.54) is 12.3 Å². The van der Waals surface area contributed by atoms with Crippen LogP contribution in [0.15, 0.2) is 18.5 Å². The highest BCUT2D eigenvalue weighted by atomic mass is 19.1. The molecule has 1 N–H and O–H groups in total. The molecule has 5 nitrogen and oxygen atoms in total. The molecule has 0 radical (unpaired) electrons. The number of carbonyl (C=O) groups excluding carboxylic acids is 1. The lowest BCUT2D eigenvalue weighted by molar-refractivity contribution is -0.169. The average molecular weight is 283 g/mol. The van der Waals surface area contributed by atoms with Crippen LogP contribution in [0.4, 0.5) is 4.39 Å². The highest BCUT2D eigenvalue weighted by molar-refractivity contribution is 5.99. The number of halogens is 1. The van der Waals surface area contributed by atoms with Crippen molar-refractivity contribution in [1.29, 1.82) is 0 Å². The number of pyridine rings is 1. The third kappa shape index (κ3) is 3.53. The molecule has 0 spiro atoms. The molecule has 1 rings (SSSR count). The van der Waals surface area contributed by atoms with E-state index >= 15 is 0 Å². The van der Waals surface area contributed by atoms with Gasteiger partial charge >= 0.3 is 11.9 Å². The molecule has 0 aromatic carbocycles. The van der Waals surface area contributed by atoms with Gasteiger partial charge in [-0.15, -0.1) is 0 Å². The van der Waals surface area contributed by atoms with E-state index in [9.17, 15) is 19.1 Å². The Morgan fingerprint density at radius 2 is 2.10 bits per heavy atom. The average Bonchev–Trinajstić information content (AvgIpc) is 2.38. The number of carbonyl (C=O) groups is 2. The molecular formula is C14H18FNO4. The summed E-state index contributed by atoms with van der Waals surface area (Å²) in [6.45, 7) is 3.49. The van der Waals surface area contributed by atoms with Crippen LogP contribution in [-0.4, -0.2) is 28.6 Å². The van der Waals surface area contributed by atoms with Gasteiger partial charge in [0.1, 0.15) is 5.82 Å². The molecule has 0 aliphatic heterocycles. The number of hydrogen-bond acceptors (Lipinski definition) is 4. The zero-order valence-corrected chi connectivity index (χ0v) is 11.6. The molecule has 0 aliphatic rings. The van der Waals surface area contributed by atoms with Crippen LogP contribution < -0.4 is 0 Å². The standard InChI is InChI=1S/C14H18FNO4/c1-3-5-14(12(17)18,13(19)20-4-2)7-10-6-11(15)9-16-8-10/h6,8-9H,3-5,7H2,1-2H3,(H,17,18). The smallest absolute Gasteiger partial charge is 0.323 e. The van der Waals surface area contributed by atoms with Crippen LogP contribution in [0, 0.1) is 11.2 Å². The molecule has 1 aromatic rings. The van der Waals surface area contributed by atoms with Crippen molar-refractivity contribution in [2.24, 2.45) is 5.41 Å². The first-order chi connectivity index (χ1) is 9.46. The number of esters is 1. The number of nitrogens with zero attached hydrogens (tertiary/aromatic N) is 1. The first-order valence-electron chi connectivity index (χ1n) is 6.46. The molecule has 1 atom stereocenters.